The number of rotatable bonds is 3. The summed E-state index contributed by atoms with van der Waals surface area (Å²) in [5.74, 6) is 0. The summed E-state index contributed by atoms with van der Waals surface area (Å²) in [4.78, 5) is 4.27. The van der Waals surface area contributed by atoms with Gasteiger partial charge in [-0.05, 0) is 25.1 Å². The minimum absolute atomic E-state index is 0.144. The van der Waals surface area contributed by atoms with E-state index in [-0.39, 0.29) is 10.5 Å². The first-order valence-corrected chi connectivity index (χ1v) is 8.39. The van der Waals surface area contributed by atoms with Crippen molar-refractivity contribution >= 4 is 32.7 Å². The fraction of sp³-hybridized carbons (Fsp3) is 0.133. The number of pyridine rings is 1. The van der Waals surface area contributed by atoms with Crippen LogP contribution in [0.2, 0.25) is 5.02 Å². The molecule has 0 amide bonds. The van der Waals surface area contributed by atoms with Crippen molar-refractivity contribution in [3.05, 3.63) is 59.4 Å². The number of aromatic nitrogens is 2. The predicted molar refractivity (Wildman–Crippen MR) is 84.4 cm³/mol. The molecule has 0 radical (unpaired) electrons. The highest BCUT2D eigenvalue weighted by Gasteiger charge is 2.24. The summed E-state index contributed by atoms with van der Waals surface area (Å²) in [5.41, 5.74) is 0.625. The Morgan fingerprint density at radius 1 is 1.23 bits per heavy atom. The van der Waals surface area contributed by atoms with Crippen molar-refractivity contribution in [1.82, 2.24) is 8.96 Å². The summed E-state index contributed by atoms with van der Waals surface area (Å²) < 4.78 is 26.6. The van der Waals surface area contributed by atoms with Crippen molar-refractivity contribution in [2.45, 2.75) is 17.9 Å². The number of aliphatic hydroxyl groups excluding tert-OH is 1. The van der Waals surface area contributed by atoms with E-state index in [9.17, 15) is 13.5 Å². The predicted octanol–water partition coefficient (Wildman–Crippen LogP) is 2.98. The zero-order valence-electron chi connectivity index (χ0n) is 11.6. The van der Waals surface area contributed by atoms with Crippen LogP contribution in [0, 0.1) is 0 Å². The minimum Gasteiger partial charge on any atom is -0.389 e. The highest BCUT2D eigenvalue weighted by atomic mass is 35.5. The van der Waals surface area contributed by atoms with Gasteiger partial charge in [0, 0.05) is 23.3 Å². The first-order valence-electron chi connectivity index (χ1n) is 6.57. The second-order valence-corrected chi connectivity index (χ2v) is 7.09. The number of hydrogen-bond acceptors (Lipinski definition) is 4. The Bertz CT molecular complexity index is 934. The smallest absolute Gasteiger partial charge is 0.269 e. The molecule has 0 aliphatic carbocycles. The average Bonchev–Trinajstić information content (AvgIpc) is 2.90. The van der Waals surface area contributed by atoms with Crippen LogP contribution in [0.5, 0.6) is 0 Å². The Labute approximate surface area is 132 Å². The molecule has 0 bridgehead atoms. The summed E-state index contributed by atoms with van der Waals surface area (Å²) in [6, 6.07) is 9.61. The van der Waals surface area contributed by atoms with Gasteiger partial charge in [-0.25, -0.2) is 17.4 Å². The minimum atomic E-state index is -3.81. The van der Waals surface area contributed by atoms with Crippen molar-refractivity contribution in [2.24, 2.45) is 0 Å². The van der Waals surface area contributed by atoms with Gasteiger partial charge in [0.1, 0.15) is 0 Å². The largest absolute Gasteiger partial charge is 0.389 e. The molecule has 1 N–H and O–H groups in total. The van der Waals surface area contributed by atoms with Crippen LogP contribution in [-0.2, 0) is 10.0 Å². The van der Waals surface area contributed by atoms with Crippen molar-refractivity contribution < 1.29 is 13.5 Å². The third-order valence-corrected chi connectivity index (χ3v) is 5.36. The third kappa shape index (κ3) is 2.29. The van der Waals surface area contributed by atoms with E-state index in [0.29, 0.717) is 16.0 Å². The van der Waals surface area contributed by atoms with E-state index < -0.39 is 16.1 Å². The fourth-order valence-electron chi connectivity index (χ4n) is 2.32. The molecular formula is C15H13ClN2O3S. The zero-order valence-corrected chi connectivity index (χ0v) is 13.2. The standard InChI is InChI=1S/C15H13ClN2O3S/c1-10(19)12-9-18(15-14(12)13(16)7-8-17-15)22(20,21)11-5-3-2-4-6-11/h2-10,19H,1H3. The fourth-order valence-corrected chi connectivity index (χ4v) is 3.92. The maximum absolute atomic E-state index is 12.8. The van der Waals surface area contributed by atoms with E-state index in [1.807, 2.05) is 0 Å². The van der Waals surface area contributed by atoms with Gasteiger partial charge in [-0.1, -0.05) is 29.8 Å². The van der Waals surface area contributed by atoms with Crippen molar-refractivity contribution in [3.8, 4) is 0 Å². The Morgan fingerprint density at radius 2 is 1.91 bits per heavy atom. The molecule has 5 nitrogen and oxygen atoms in total. The van der Waals surface area contributed by atoms with Gasteiger partial charge in [0.25, 0.3) is 10.0 Å². The third-order valence-electron chi connectivity index (χ3n) is 3.38. The molecule has 0 spiro atoms. The van der Waals surface area contributed by atoms with Crippen molar-refractivity contribution in [1.29, 1.82) is 0 Å². The summed E-state index contributed by atoms with van der Waals surface area (Å²) in [7, 11) is -3.81. The second kappa shape index (κ2) is 5.39. The van der Waals surface area contributed by atoms with E-state index in [2.05, 4.69) is 4.98 Å². The Hall–Kier alpha value is -1.89. The molecule has 2 aromatic heterocycles. The van der Waals surface area contributed by atoms with Crippen LogP contribution in [0.25, 0.3) is 11.0 Å². The second-order valence-electron chi connectivity index (χ2n) is 4.87. The molecular weight excluding hydrogens is 324 g/mol. The van der Waals surface area contributed by atoms with Gasteiger partial charge in [0.05, 0.1) is 16.0 Å². The summed E-state index contributed by atoms with van der Waals surface area (Å²) in [5, 5.41) is 10.7. The van der Waals surface area contributed by atoms with Gasteiger partial charge in [0.15, 0.2) is 5.65 Å². The molecule has 114 valence electrons. The van der Waals surface area contributed by atoms with Crippen molar-refractivity contribution in [2.75, 3.05) is 0 Å². The van der Waals surface area contributed by atoms with Gasteiger partial charge in [-0.15, -0.1) is 0 Å². The topological polar surface area (TPSA) is 72.2 Å². The van der Waals surface area contributed by atoms with Gasteiger partial charge < -0.3 is 5.11 Å². The Balaban J connectivity index is 2.36. The molecule has 0 saturated carbocycles. The monoisotopic (exact) mass is 336 g/mol. The van der Waals surface area contributed by atoms with Crippen LogP contribution >= 0.6 is 11.6 Å². The molecule has 1 aromatic carbocycles. The van der Waals surface area contributed by atoms with Crippen LogP contribution in [0.3, 0.4) is 0 Å². The molecule has 0 saturated heterocycles. The average molecular weight is 337 g/mol. The first-order chi connectivity index (χ1) is 10.4. The number of hydrogen-bond donors (Lipinski definition) is 1. The molecule has 1 atom stereocenters. The van der Waals surface area contributed by atoms with E-state index in [0.717, 1.165) is 3.97 Å². The summed E-state index contributed by atoms with van der Waals surface area (Å²) in [6.45, 7) is 1.55. The number of aliphatic hydroxyl groups is 1. The van der Waals surface area contributed by atoms with Gasteiger partial charge in [0.2, 0.25) is 0 Å². The number of benzene rings is 1. The summed E-state index contributed by atoms with van der Waals surface area (Å²) >= 11 is 6.16. The van der Waals surface area contributed by atoms with E-state index in [1.54, 1.807) is 31.2 Å². The summed E-state index contributed by atoms with van der Waals surface area (Å²) in [6.07, 6.45) is 1.95. The lowest BCUT2D eigenvalue weighted by Crippen LogP contribution is -2.12. The molecule has 3 rings (SSSR count). The van der Waals surface area contributed by atoms with Crippen LogP contribution in [0.15, 0.2) is 53.7 Å². The molecule has 0 aliphatic heterocycles. The highest BCUT2D eigenvalue weighted by Crippen LogP contribution is 2.33. The van der Waals surface area contributed by atoms with E-state index in [1.165, 1.54) is 24.5 Å². The molecule has 1 unspecified atom stereocenters. The maximum atomic E-state index is 12.8. The van der Waals surface area contributed by atoms with Gasteiger partial charge >= 0.3 is 0 Å². The zero-order chi connectivity index (χ0) is 15.9. The highest BCUT2D eigenvalue weighted by molar-refractivity contribution is 7.90. The molecule has 22 heavy (non-hydrogen) atoms. The Kier molecular flexibility index (Phi) is 3.68. The van der Waals surface area contributed by atoms with Crippen LogP contribution < -0.4 is 0 Å². The van der Waals surface area contributed by atoms with Gasteiger partial charge in [-0.3, -0.25) is 0 Å². The Morgan fingerprint density at radius 3 is 2.55 bits per heavy atom. The number of fused-ring (bicyclic) bond motifs is 1. The van der Waals surface area contributed by atoms with E-state index in [4.69, 9.17) is 11.6 Å². The normalized spacial score (nSPS) is 13.4. The first kappa shape index (κ1) is 15.0. The van der Waals surface area contributed by atoms with Gasteiger partial charge in [-0.2, -0.15) is 0 Å². The van der Waals surface area contributed by atoms with Crippen LogP contribution in [-0.4, -0.2) is 22.5 Å². The SMILES string of the molecule is CC(O)c1cn(S(=O)(=O)c2ccccc2)c2nccc(Cl)c12. The molecule has 0 fully saturated rings. The molecule has 2 heterocycles. The quantitative estimate of drug-likeness (QED) is 0.798. The molecule has 7 heteroatoms. The lowest BCUT2D eigenvalue weighted by atomic mass is 10.1. The molecule has 0 aliphatic rings. The number of nitrogens with zero attached hydrogens (tertiary/aromatic N) is 2. The van der Waals surface area contributed by atoms with Crippen molar-refractivity contribution in [3.63, 3.8) is 0 Å². The maximum Gasteiger partial charge on any atom is 0.269 e. The number of halogens is 1. The van der Waals surface area contributed by atoms with Crippen LogP contribution in [0.4, 0.5) is 0 Å². The molecule has 3 aromatic rings. The van der Waals surface area contributed by atoms with E-state index >= 15 is 0 Å². The van der Waals surface area contributed by atoms with Crippen LogP contribution in [0.1, 0.15) is 18.6 Å². The lowest BCUT2D eigenvalue weighted by Gasteiger charge is -2.06. The lowest BCUT2D eigenvalue weighted by molar-refractivity contribution is 0.201.